The summed E-state index contributed by atoms with van der Waals surface area (Å²) in [5.74, 6) is 3.21. The lowest BCUT2D eigenvalue weighted by Crippen LogP contribution is -2.26. The molecule has 1 atom stereocenters. The van der Waals surface area contributed by atoms with Crippen molar-refractivity contribution in [1.29, 1.82) is 0 Å². The Morgan fingerprint density at radius 1 is 1.10 bits per heavy atom. The van der Waals surface area contributed by atoms with Crippen LogP contribution in [-0.4, -0.2) is 26.8 Å². The lowest BCUT2D eigenvalue weighted by Gasteiger charge is -2.20. The van der Waals surface area contributed by atoms with Crippen molar-refractivity contribution in [1.82, 2.24) is 5.32 Å². The van der Waals surface area contributed by atoms with Crippen LogP contribution in [0.3, 0.4) is 0 Å². The second-order valence-corrected chi connectivity index (χ2v) is 6.01. The third-order valence-electron chi connectivity index (χ3n) is 3.52. The molecule has 21 heavy (non-hydrogen) atoms. The first-order chi connectivity index (χ1) is 10.2. The molecule has 0 saturated heterocycles. The van der Waals surface area contributed by atoms with Crippen molar-refractivity contribution < 1.29 is 9.47 Å². The minimum atomic E-state index is 0.690. The molecule has 1 aromatic rings. The van der Waals surface area contributed by atoms with E-state index in [1.165, 1.54) is 12.8 Å². The number of ether oxygens (including phenoxy) is 2. The molecule has 1 aromatic carbocycles. The summed E-state index contributed by atoms with van der Waals surface area (Å²) in [6.07, 6.45) is 3.54. The van der Waals surface area contributed by atoms with Gasteiger partial charge in [-0.3, -0.25) is 0 Å². The Bertz CT molecular complexity index is 362. The number of benzene rings is 1. The monoisotopic (exact) mass is 293 g/mol. The molecule has 3 nitrogen and oxygen atoms in total. The zero-order valence-corrected chi connectivity index (χ0v) is 14.0. The van der Waals surface area contributed by atoms with Gasteiger partial charge in [-0.05, 0) is 68.5 Å². The van der Waals surface area contributed by atoms with E-state index in [4.69, 9.17) is 9.47 Å². The molecule has 0 spiro atoms. The number of methoxy groups -OCH3 is 1. The van der Waals surface area contributed by atoms with Gasteiger partial charge < -0.3 is 14.8 Å². The predicted octanol–water partition coefficient (Wildman–Crippen LogP) is 4.13. The molecule has 0 fully saturated rings. The number of nitrogens with one attached hydrogen (secondary N) is 1. The van der Waals surface area contributed by atoms with E-state index in [0.29, 0.717) is 5.92 Å². The zero-order valence-electron chi connectivity index (χ0n) is 14.0. The minimum absolute atomic E-state index is 0.690. The van der Waals surface area contributed by atoms with Gasteiger partial charge >= 0.3 is 0 Å². The van der Waals surface area contributed by atoms with E-state index < -0.39 is 0 Å². The molecule has 0 radical (unpaired) electrons. The molecule has 0 aromatic heterocycles. The van der Waals surface area contributed by atoms with Gasteiger partial charge in [0.2, 0.25) is 0 Å². The SMILES string of the molecule is CCCNCC(CCOc1ccc(OC)cc1)CC(C)C. The average molecular weight is 293 g/mol. The zero-order chi connectivity index (χ0) is 15.5. The lowest BCUT2D eigenvalue weighted by atomic mass is 9.94. The van der Waals surface area contributed by atoms with E-state index in [2.05, 4.69) is 26.1 Å². The molecule has 1 rings (SSSR count). The van der Waals surface area contributed by atoms with Crippen molar-refractivity contribution >= 4 is 0 Å². The highest BCUT2D eigenvalue weighted by molar-refractivity contribution is 5.31. The van der Waals surface area contributed by atoms with Crippen molar-refractivity contribution in [3.05, 3.63) is 24.3 Å². The predicted molar refractivity (Wildman–Crippen MR) is 89.2 cm³/mol. The van der Waals surface area contributed by atoms with E-state index >= 15 is 0 Å². The summed E-state index contributed by atoms with van der Waals surface area (Å²) >= 11 is 0. The highest BCUT2D eigenvalue weighted by Crippen LogP contribution is 2.19. The Balaban J connectivity index is 2.33. The Hall–Kier alpha value is -1.22. The van der Waals surface area contributed by atoms with Crippen LogP contribution in [0.25, 0.3) is 0 Å². The van der Waals surface area contributed by atoms with Crippen molar-refractivity contribution in [3.63, 3.8) is 0 Å². The van der Waals surface area contributed by atoms with Gasteiger partial charge in [0.15, 0.2) is 0 Å². The van der Waals surface area contributed by atoms with Crippen LogP contribution >= 0.6 is 0 Å². The third kappa shape index (κ3) is 7.96. The smallest absolute Gasteiger partial charge is 0.119 e. The Morgan fingerprint density at radius 2 is 1.76 bits per heavy atom. The Kier molecular flexibility index (Phi) is 8.91. The third-order valence-corrected chi connectivity index (χ3v) is 3.52. The van der Waals surface area contributed by atoms with E-state index in [1.54, 1.807) is 7.11 Å². The van der Waals surface area contributed by atoms with E-state index in [-0.39, 0.29) is 0 Å². The molecule has 1 N–H and O–H groups in total. The van der Waals surface area contributed by atoms with Crippen LogP contribution in [0.15, 0.2) is 24.3 Å². The molecule has 0 heterocycles. The van der Waals surface area contributed by atoms with Crippen LogP contribution in [0.1, 0.15) is 40.0 Å². The molecule has 0 aliphatic heterocycles. The van der Waals surface area contributed by atoms with Gasteiger partial charge in [-0.2, -0.15) is 0 Å². The fourth-order valence-corrected chi connectivity index (χ4v) is 2.47. The van der Waals surface area contributed by atoms with Crippen LogP contribution < -0.4 is 14.8 Å². The normalized spacial score (nSPS) is 12.4. The largest absolute Gasteiger partial charge is 0.497 e. The first-order valence-corrected chi connectivity index (χ1v) is 8.13. The molecule has 0 bridgehead atoms. The summed E-state index contributed by atoms with van der Waals surface area (Å²) in [6.45, 7) is 9.76. The number of hydrogen-bond donors (Lipinski definition) is 1. The van der Waals surface area contributed by atoms with Gasteiger partial charge in [-0.25, -0.2) is 0 Å². The van der Waals surface area contributed by atoms with Crippen molar-refractivity contribution in [2.24, 2.45) is 11.8 Å². The summed E-state index contributed by atoms with van der Waals surface area (Å²) in [7, 11) is 1.68. The minimum Gasteiger partial charge on any atom is -0.497 e. The summed E-state index contributed by atoms with van der Waals surface area (Å²) < 4.78 is 11.0. The maximum atomic E-state index is 5.84. The highest BCUT2D eigenvalue weighted by Gasteiger charge is 2.11. The van der Waals surface area contributed by atoms with Gasteiger partial charge in [0, 0.05) is 0 Å². The summed E-state index contributed by atoms with van der Waals surface area (Å²) in [6, 6.07) is 7.80. The van der Waals surface area contributed by atoms with Crippen LogP contribution in [0.2, 0.25) is 0 Å². The first-order valence-electron chi connectivity index (χ1n) is 8.13. The van der Waals surface area contributed by atoms with E-state index in [1.807, 2.05) is 24.3 Å². The van der Waals surface area contributed by atoms with E-state index in [9.17, 15) is 0 Å². The fourth-order valence-electron chi connectivity index (χ4n) is 2.47. The molecule has 0 aliphatic carbocycles. The number of hydrogen-bond acceptors (Lipinski definition) is 3. The fraction of sp³-hybridized carbons (Fsp3) is 0.667. The highest BCUT2D eigenvalue weighted by atomic mass is 16.5. The maximum absolute atomic E-state index is 5.84. The first kappa shape index (κ1) is 17.8. The Morgan fingerprint density at radius 3 is 2.33 bits per heavy atom. The van der Waals surface area contributed by atoms with Crippen molar-refractivity contribution in [3.8, 4) is 11.5 Å². The second kappa shape index (κ2) is 10.5. The Labute approximate surface area is 130 Å². The average Bonchev–Trinajstić information content (AvgIpc) is 2.47. The van der Waals surface area contributed by atoms with Crippen LogP contribution in [0, 0.1) is 11.8 Å². The van der Waals surface area contributed by atoms with Crippen LogP contribution in [0.4, 0.5) is 0 Å². The summed E-state index contributed by atoms with van der Waals surface area (Å²) in [5.41, 5.74) is 0. The molecule has 0 saturated carbocycles. The van der Waals surface area contributed by atoms with Gasteiger partial charge in [-0.1, -0.05) is 20.8 Å². The molecule has 3 heteroatoms. The van der Waals surface area contributed by atoms with Gasteiger partial charge in [0.25, 0.3) is 0 Å². The summed E-state index contributed by atoms with van der Waals surface area (Å²) in [5, 5.41) is 3.53. The van der Waals surface area contributed by atoms with Crippen LogP contribution in [-0.2, 0) is 0 Å². The molecule has 0 amide bonds. The van der Waals surface area contributed by atoms with Gasteiger partial charge in [0.05, 0.1) is 13.7 Å². The van der Waals surface area contributed by atoms with Crippen LogP contribution in [0.5, 0.6) is 11.5 Å². The summed E-state index contributed by atoms with van der Waals surface area (Å²) in [4.78, 5) is 0. The quantitative estimate of drug-likeness (QED) is 0.622. The van der Waals surface area contributed by atoms with Crippen molar-refractivity contribution in [2.45, 2.75) is 40.0 Å². The molecular weight excluding hydrogens is 262 g/mol. The topological polar surface area (TPSA) is 30.5 Å². The molecule has 120 valence electrons. The lowest BCUT2D eigenvalue weighted by molar-refractivity contribution is 0.257. The second-order valence-electron chi connectivity index (χ2n) is 6.01. The molecule has 1 unspecified atom stereocenters. The molecule has 0 aliphatic rings. The molecular formula is C18H31NO2. The van der Waals surface area contributed by atoms with Gasteiger partial charge in [0.1, 0.15) is 11.5 Å². The maximum Gasteiger partial charge on any atom is 0.119 e. The van der Waals surface area contributed by atoms with Gasteiger partial charge in [-0.15, -0.1) is 0 Å². The number of rotatable bonds is 11. The van der Waals surface area contributed by atoms with Crippen molar-refractivity contribution in [2.75, 3.05) is 26.8 Å². The van der Waals surface area contributed by atoms with E-state index in [0.717, 1.165) is 43.5 Å². The standard InChI is InChI=1S/C18H31NO2/c1-5-11-19-14-16(13-15(2)3)10-12-21-18-8-6-17(20-4)7-9-18/h6-9,15-16,19H,5,10-14H2,1-4H3.